The van der Waals surface area contributed by atoms with E-state index in [1.165, 1.54) is 0 Å². The van der Waals surface area contributed by atoms with Crippen LogP contribution in [0.3, 0.4) is 0 Å². The zero-order chi connectivity index (χ0) is 12.3. The maximum Gasteiger partial charge on any atom is 0.216 e. The monoisotopic (exact) mass is 259 g/mol. The van der Waals surface area contributed by atoms with E-state index in [1.807, 2.05) is 0 Å². The summed E-state index contributed by atoms with van der Waals surface area (Å²) in [6, 6.07) is 0. The van der Waals surface area contributed by atoms with Crippen LogP contribution in [0.25, 0.3) is 0 Å². The molecule has 0 bridgehead atoms. The molecule has 2 N–H and O–H groups in total. The molecule has 96 valence electrons. The highest BCUT2D eigenvalue weighted by Crippen LogP contribution is 2.10. The second kappa shape index (κ2) is 5.11. The molecule has 0 amide bonds. The van der Waals surface area contributed by atoms with Gasteiger partial charge in [-0.3, -0.25) is 4.68 Å². The van der Waals surface area contributed by atoms with Gasteiger partial charge in [0.15, 0.2) is 5.82 Å². The van der Waals surface area contributed by atoms with Crippen LogP contribution in [0.5, 0.6) is 0 Å². The smallest absolute Gasteiger partial charge is 0.216 e. The normalized spacial score (nSPS) is 21.6. The summed E-state index contributed by atoms with van der Waals surface area (Å²) in [5, 5.41) is 6.76. The lowest BCUT2D eigenvalue weighted by Gasteiger charge is -2.22. The maximum atomic E-state index is 12.0. The van der Waals surface area contributed by atoms with Gasteiger partial charge in [0.2, 0.25) is 10.0 Å². The highest BCUT2D eigenvalue weighted by Gasteiger charge is 2.26. The Kier molecular flexibility index (Phi) is 3.75. The highest BCUT2D eigenvalue weighted by molar-refractivity contribution is 7.90. The molecule has 1 fully saturated rings. The summed E-state index contributed by atoms with van der Waals surface area (Å²) in [5.74, 6) is 0.486. The third-order valence-corrected chi connectivity index (χ3v) is 4.60. The minimum atomic E-state index is -3.27. The van der Waals surface area contributed by atoms with E-state index in [1.54, 1.807) is 18.1 Å². The van der Waals surface area contributed by atoms with Gasteiger partial charge < -0.3 is 5.32 Å². The predicted molar refractivity (Wildman–Crippen MR) is 62.7 cm³/mol. The second-order valence-corrected chi connectivity index (χ2v) is 6.21. The van der Waals surface area contributed by atoms with Gasteiger partial charge in [-0.25, -0.2) is 18.1 Å². The average molecular weight is 259 g/mol. The Morgan fingerprint density at radius 2 is 2.47 bits per heavy atom. The van der Waals surface area contributed by atoms with Crippen molar-refractivity contribution in [2.75, 3.05) is 13.1 Å². The van der Waals surface area contributed by atoms with Gasteiger partial charge in [0.1, 0.15) is 6.33 Å². The Balaban J connectivity index is 1.92. The fraction of sp³-hybridized carbons (Fsp3) is 0.778. The number of piperidine rings is 1. The summed E-state index contributed by atoms with van der Waals surface area (Å²) in [7, 11) is -1.53. The van der Waals surface area contributed by atoms with Crippen LogP contribution >= 0.6 is 0 Å². The van der Waals surface area contributed by atoms with Crippen molar-refractivity contribution >= 4 is 10.0 Å². The summed E-state index contributed by atoms with van der Waals surface area (Å²) in [6.45, 7) is 1.57. The summed E-state index contributed by atoms with van der Waals surface area (Å²) >= 11 is 0. The van der Waals surface area contributed by atoms with Gasteiger partial charge in [-0.2, -0.15) is 5.10 Å². The molecule has 7 nitrogen and oxygen atoms in total. The van der Waals surface area contributed by atoms with E-state index in [0.717, 1.165) is 13.0 Å². The predicted octanol–water partition coefficient (Wildman–Crippen LogP) is -1.01. The van der Waals surface area contributed by atoms with Crippen LogP contribution in [0.1, 0.15) is 18.7 Å². The van der Waals surface area contributed by atoms with Gasteiger partial charge in [-0.15, -0.1) is 0 Å². The number of hydrogen-bond acceptors (Lipinski definition) is 5. The molecule has 1 aliphatic heterocycles. The lowest BCUT2D eigenvalue weighted by Crippen LogP contribution is -2.44. The van der Waals surface area contributed by atoms with Crippen LogP contribution in [0.2, 0.25) is 0 Å². The highest BCUT2D eigenvalue weighted by atomic mass is 32.2. The largest absolute Gasteiger partial charge is 0.315 e. The molecule has 17 heavy (non-hydrogen) atoms. The van der Waals surface area contributed by atoms with E-state index in [2.05, 4.69) is 20.1 Å². The van der Waals surface area contributed by atoms with Crippen molar-refractivity contribution in [1.29, 1.82) is 0 Å². The van der Waals surface area contributed by atoms with Crippen LogP contribution in [0.4, 0.5) is 0 Å². The first-order chi connectivity index (χ1) is 8.08. The third-order valence-electron chi connectivity index (χ3n) is 2.77. The summed E-state index contributed by atoms with van der Waals surface area (Å²) in [6.07, 6.45) is 3.15. The van der Waals surface area contributed by atoms with E-state index in [-0.39, 0.29) is 11.8 Å². The van der Waals surface area contributed by atoms with E-state index in [9.17, 15) is 8.42 Å². The molecular formula is C9H17N5O2S. The van der Waals surface area contributed by atoms with Crippen molar-refractivity contribution in [2.24, 2.45) is 7.05 Å². The van der Waals surface area contributed by atoms with E-state index in [0.29, 0.717) is 18.8 Å². The Bertz CT molecular complexity index is 463. The van der Waals surface area contributed by atoms with Crippen molar-refractivity contribution < 1.29 is 8.42 Å². The number of rotatable bonds is 4. The van der Waals surface area contributed by atoms with Crippen LogP contribution in [-0.2, 0) is 23.6 Å². The lowest BCUT2D eigenvalue weighted by atomic mass is 10.2. The van der Waals surface area contributed by atoms with Gasteiger partial charge in [0.25, 0.3) is 0 Å². The molecule has 0 spiro atoms. The number of hydrogen-bond donors (Lipinski definition) is 2. The molecule has 1 saturated heterocycles. The zero-order valence-corrected chi connectivity index (χ0v) is 10.6. The first-order valence-electron chi connectivity index (χ1n) is 5.61. The quantitative estimate of drug-likeness (QED) is 0.723. The molecule has 1 atom stereocenters. The molecule has 1 aliphatic rings. The summed E-state index contributed by atoms with van der Waals surface area (Å²) < 4.78 is 28.0. The average Bonchev–Trinajstić information content (AvgIpc) is 2.74. The Morgan fingerprint density at radius 1 is 1.65 bits per heavy atom. The van der Waals surface area contributed by atoms with Gasteiger partial charge >= 0.3 is 0 Å². The maximum absolute atomic E-state index is 12.0. The van der Waals surface area contributed by atoms with Crippen molar-refractivity contribution in [2.45, 2.75) is 24.6 Å². The second-order valence-electron chi connectivity index (χ2n) is 4.17. The van der Waals surface area contributed by atoms with Gasteiger partial charge in [-0.1, -0.05) is 0 Å². The van der Waals surface area contributed by atoms with Crippen LogP contribution in [-0.4, -0.2) is 41.5 Å². The molecule has 1 aromatic rings. The summed E-state index contributed by atoms with van der Waals surface area (Å²) in [5.41, 5.74) is 0. The van der Waals surface area contributed by atoms with Crippen molar-refractivity contribution in [3.8, 4) is 0 Å². The molecular weight excluding hydrogens is 242 g/mol. The SMILES string of the molecule is Cn1cnc(CNS(=O)(=O)C2CCCNC2)n1. The van der Waals surface area contributed by atoms with Crippen LogP contribution in [0.15, 0.2) is 6.33 Å². The van der Waals surface area contributed by atoms with Gasteiger partial charge in [0.05, 0.1) is 11.8 Å². The van der Waals surface area contributed by atoms with Crippen molar-refractivity contribution in [3.63, 3.8) is 0 Å². The Hall–Kier alpha value is -0.990. The Labute approximate surface area is 101 Å². The molecule has 8 heteroatoms. The van der Waals surface area contributed by atoms with Crippen LogP contribution in [0, 0.1) is 0 Å². The standard InChI is InChI=1S/C9H17N5O2S/c1-14-7-11-9(13-14)6-12-17(15,16)8-3-2-4-10-5-8/h7-8,10,12H,2-6H2,1H3. The van der Waals surface area contributed by atoms with Crippen molar-refractivity contribution in [1.82, 2.24) is 24.8 Å². The molecule has 0 radical (unpaired) electrons. The van der Waals surface area contributed by atoms with E-state index in [4.69, 9.17) is 0 Å². The van der Waals surface area contributed by atoms with Gasteiger partial charge in [-0.05, 0) is 19.4 Å². The fourth-order valence-electron chi connectivity index (χ4n) is 1.83. The topological polar surface area (TPSA) is 88.9 Å². The first kappa shape index (κ1) is 12.5. The Morgan fingerprint density at radius 3 is 3.06 bits per heavy atom. The minimum Gasteiger partial charge on any atom is -0.315 e. The van der Waals surface area contributed by atoms with E-state index >= 15 is 0 Å². The van der Waals surface area contributed by atoms with E-state index < -0.39 is 10.0 Å². The lowest BCUT2D eigenvalue weighted by molar-refractivity contribution is 0.489. The van der Waals surface area contributed by atoms with Gasteiger partial charge in [0, 0.05) is 13.6 Å². The molecule has 2 heterocycles. The first-order valence-corrected chi connectivity index (χ1v) is 7.16. The van der Waals surface area contributed by atoms with Crippen molar-refractivity contribution in [3.05, 3.63) is 12.2 Å². The number of nitrogens with zero attached hydrogens (tertiary/aromatic N) is 3. The molecule has 0 saturated carbocycles. The molecule has 0 aromatic carbocycles. The number of sulfonamides is 1. The zero-order valence-electron chi connectivity index (χ0n) is 9.76. The molecule has 1 aromatic heterocycles. The number of nitrogens with one attached hydrogen (secondary N) is 2. The molecule has 0 aliphatic carbocycles. The summed E-state index contributed by atoms with van der Waals surface area (Å²) in [4.78, 5) is 3.97. The molecule has 1 unspecified atom stereocenters. The minimum absolute atomic E-state index is 0.152. The number of aryl methyl sites for hydroxylation is 1. The third kappa shape index (κ3) is 3.24. The fourth-order valence-corrected chi connectivity index (χ4v) is 3.21. The number of aromatic nitrogens is 3. The van der Waals surface area contributed by atoms with Crippen LogP contribution < -0.4 is 10.0 Å². The molecule has 2 rings (SSSR count).